The molecule has 1 fully saturated rings. The van der Waals surface area contributed by atoms with Crippen molar-refractivity contribution in [1.82, 2.24) is 15.1 Å². The zero-order chi connectivity index (χ0) is 23.8. The van der Waals surface area contributed by atoms with Crippen molar-refractivity contribution in [2.75, 3.05) is 32.2 Å². The minimum atomic E-state index is -0.254. The molecule has 8 nitrogen and oxygen atoms in total. The Hall–Kier alpha value is -3.52. The first kappa shape index (κ1) is 23.6. The second-order valence-electron chi connectivity index (χ2n) is 8.35. The monoisotopic (exact) mass is 464 g/mol. The van der Waals surface area contributed by atoms with Crippen LogP contribution >= 0.6 is 0 Å². The molecule has 0 aliphatic carbocycles. The van der Waals surface area contributed by atoms with Gasteiger partial charge in [-0.25, -0.2) is 0 Å². The molecule has 1 saturated heterocycles. The van der Waals surface area contributed by atoms with Crippen LogP contribution in [-0.2, 0) is 11.8 Å². The lowest BCUT2D eigenvalue weighted by molar-refractivity contribution is -0.118. The molecule has 1 aliphatic heterocycles. The number of aromatic nitrogens is 2. The van der Waals surface area contributed by atoms with E-state index in [0.29, 0.717) is 29.8 Å². The number of methoxy groups -OCH3 is 1. The minimum Gasteiger partial charge on any atom is -0.497 e. The zero-order valence-electron chi connectivity index (χ0n) is 19.8. The quantitative estimate of drug-likeness (QED) is 0.471. The Labute approximate surface area is 200 Å². The van der Waals surface area contributed by atoms with Gasteiger partial charge in [0.2, 0.25) is 0 Å². The Morgan fingerprint density at radius 1 is 1.15 bits per heavy atom. The molecule has 0 bridgehead atoms. The molecule has 180 valence electrons. The predicted octanol–water partition coefficient (Wildman–Crippen LogP) is 4.02. The fourth-order valence-corrected chi connectivity index (χ4v) is 4.09. The normalized spacial score (nSPS) is 15.5. The Balaban J connectivity index is 1.41. The molecule has 0 spiro atoms. The molecule has 34 heavy (non-hydrogen) atoms. The summed E-state index contributed by atoms with van der Waals surface area (Å²) in [5, 5.41) is 10.8. The van der Waals surface area contributed by atoms with Gasteiger partial charge in [0.05, 0.1) is 19.4 Å². The third kappa shape index (κ3) is 6.29. The van der Waals surface area contributed by atoms with E-state index in [2.05, 4.69) is 15.7 Å². The molecule has 1 atom stereocenters. The summed E-state index contributed by atoms with van der Waals surface area (Å²) in [4.78, 5) is 12.5. The van der Waals surface area contributed by atoms with Gasteiger partial charge in [0.1, 0.15) is 17.2 Å². The highest BCUT2D eigenvalue weighted by Crippen LogP contribution is 2.33. The molecule has 2 aromatic carbocycles. The molecule has 2 heterocycles. The van der Waals surface area contributed by atoms with Gasteiger partial charge < -0.3 is 24.8 Å². The maximum absolute atomic E-state index is 12.5. The molecule has 0 radical (unpaired) electrons. The van der Waals surface area contributed by atoms with E-state index in [1.54, 1.807) is 30.1 Å². The van der Waals surface area contributed by atoms with Crippen molar-refractivity contribution < 1.29 is 19.0 Å². The highest BCUT2D eigenvalue weighted by atomic mass is 16.5. The number of nitrogens with zero attached hydrogens (tertiary/aromatic N) is 2. The molecule has 8 heteroatoms. The summed E-state index contributed by atoms with van der Waals surface area (Å²) in [6.45, 7) is 1.60. The lowest BCUT2D eigenvalue weighted by atomic mass is 10.0. The Morgan fingerprint density at radius 2 is 2.03 bits per heavy atom. The fraction of sp³-hybridized carbons (Fsp3) is 0.385. The number of anilines is 1. The Bertz CT molecular complexity index is 1090. The molecule has 1 unspecified atom stereocenters. The van der Waals surface area contributed by atoms with Crippen molar-refractivity contribution in [2.24, 2.45) is 7.05 Å². The SMILES string of the molecule is COc1cccc(OCC(=O)Nc2ccc(OCCC3CCCCN3)c(-c3ccnn3C)c2)c1. The molecule has 3 aromatic rings. The van der Waals surface area contributed by atoms with E-state index in [-0.39, 0.29) is 12.5 Å². The second kappa shape index (κ2) is 11.6. The highest BCUT2D eigenvalue weighted by molar-refractivity contribution is 5.93. The Morgan fingerprint density at radius 3 is 2.79 bits per heavy atom. The van der Waals surface area contributed by atoms with Crippen LogP contribution in [0.3, 0.4) is 0 Å². The predicted molar refractivity (Wildman–Crippen MR) is 132 cm³/mol. The number of rotatable bonds is 10. The Kier molecular flexibility index (Phi) is 8.04. The number of nitrogens with one attached hydrogen (secondary N) is 2. The average molecular weight is 465 g/mol. The summed E-state index contributed by atoms with van der Waals surface area (Å²) >= 11 is 0. The van der Waals surface area contributed by atoms with Crippen LogP contribution in [0.2, 0.25) is 0 Å². The topological polar surface area (TPSA) is 86.6 Å². The van der Waals surface area contributed by atoms with Gasteiger partial charge >= 0.3 is 0 Å². The van der Waals surface area contributed by atoms with E-state index in [4.69, 9.17) is 14.2 Å². The van der Waals surface area contributed by atoms with Gasteiger partial charge in [-0.3, -0.25) is 9.48 Å². The van der Waals surface area contributed by atoms with Crippen LogP contribution in [0, 0.1) is 0 Å². The van der Waals surface area contributed by atoms with Crippen molar-refractivity contribution in [3.05, 3.63) is 54.7 Å². The number of aryl methyl sites for hydroxylation is 1. The minimum absolute atomic E-state index is 0.110. The van der Waals surface area contributed by atoms with E-state index in [1.807, 2.05) is 43.4 Å². The van der Waals surface area contributed by atoms with Crippen molar-refractivity contribution in [3.8, 4) is 28.5 Å². The first-order valence-corrected chi connectivity index (χ1v) is 11.7. The maximum Gasteiger partial charge on any atom is 0.262 e. The third-order valence-electron chi connectivity index (χ3n) is 5.91. The number of piperidine rings is 1. The molecule has 2 N–H and O–H groups in total. The van der Waals surface area contributed by atoms with Crippen LogP contribution in [0.4, 0.5) is 5.69 Å². The van der Waals surface area contributed by atoms with Crippen LogP contribution in [0.25, 0.3) is 11.3 Å². The van der Waals surface area contributed by atoms with Gasteiger partial charge in [-0.05, 0) is 62.2 Å². The van der Waals surface area contributed by atoms with E-state index in [0.717, 1.165) is 30.0 Å². The first-order valence-electron chi connectivity index (χ1n) is 11.7. The summed E-state index contributed by atoms with van der Waals surface area (Å²) in [7, 11) is 3.48. The molecule has 0 saturated carbocycles. The number of hydrogen-bond acceptors (Lipinski definition) is 6. The van der Waals surface area contributed by atoms with Crippen LogP contribution in [-0.4, -0.2) is 48.6 Å². The first-order chi connectivity index (χ1) is 16.6. The molecular weight excluding hydrogens is 432 g/mol. The summed E-state index contributed by atoms with van der Waals surface area (Å²) < 4.78 is 18.8. The van der Waals surface area contributed by atoms with E-state index < -0.39 is 0 Å². The van der Waals surface area contributed by atoms with Gasteiger partial charge in [-0.1, -0.05) is 12.5 Å². The summed E-state index contributed by atoms with van der Waals surface area (Å²) in [5.74, 6) is 1.76. The number of carbonyl (C=O) groups is 1. The third-order valence-corrected chi connectivity index (χ3v) is 5.91. The molecule has 1 aliphatic rings. The number of hydrogen-bond donors (Lipinski definition) is 2. The van der Waals surface area contributed by atoms with Crippen LogP contribution in [0.15, 0.2) is 54.7 Å². The van der Waals surface area contributed by atoms with Crippen molar-refractivity contribution in [1.29, 1.82) is 0 Å². The highest BCUT2D eigenvalue weighted by Gasteiger charge is 2.15. The largest absolute Gasteiger partial charge is 0.497 e. The number of carbonyl (C=O) groups excluding carboxylic acids is 1. The average Bonchev–Trinajstić information content (AvgIpc) is 3.30. The summed E-state index contributed by atoms with van der Waals surface area (Å²) in [6, 6.07) is 15.3. The molecular formula is C26H32N4O4. The van der Waals surface area contributed by atoms with Gasteiger partial charge in [-0.2, -0.15) is 5.10 Å². The van der Waals surface area contributed by atoms with Crippen molar-refractivity contribution >= 4 is 11.6 Å². The van der Waals surface area contributed by atoms with Gasteiger partial charge in [0.25, 0.3) is 5.91 Å². The maximum atomic E-state index is 12.5. The summed E-state index contributed by atoms with van der Waals surface area (Å²) in [6.07, 6.45) is 6.43. The van der Waals surface area contributed by atoms with Crippen molar-refractivity contribution in [2.45, 2.75) is 31.7 Å². The van der Waals surface area contributed by atoms with Gasteiger partial charge in [0, 0.05) is 36.6 Å². The standard InChI is InChI=1S/C26H32N4O4/c1-30-24(11-14-28-30)23-16-20(9-10-25(23)33-15-12-19-6-3-4-13-27-19)29-26(31)18-34-22-8-5-7-21(17-22)32-2/h5,7-11,14,16-17,19,27H,3-4,6,12-13,15,18H2,1-2H3,(H,29,31). The van der Waals surface area contributed by atoms with Crippen LogP contribution in [0.5, 0.6) is 17.2 Å². The lowest BCUT2D eigenvalue weighted by Gasteiger charge is -2.23. The van der Waals surface area contributed by atoms with E-state index in [1.165, 1.54) is 19.3 Å². The van der Waals surface area contributed by atoms with Gasteiger partial charge in [-0.15, -0.1) is 0 Å². The van der Waals surface area contributed by atoms with Gasteiger partial charge in [0.15, 0.2) is 6.61 Å². The lowest BCUT2D eigenvalue weighted by Crippen LogP contribution is -2.35. The van der Waals surface area contributed by atoms with E-state index in [9.17, 15) is 4.79 Å². The fourth-order valence-electron chi connectivity index (χ4n) is 4.09. The molecule has 4 rings (SSSR count). The van der Waals surface area contributed by atoms with Crippen LogP contribution in [0.1, 0.15) is 25.7 Å². The number of ether oxygens (including phenoxy) is 3. The summed E-state index contributed by atoms with van der Waals surface area (Å²) in [5.41, 5.74) is 2.45. The number of amides is 1. The number of benzene rings is 2. The van der Waals surface area contributed by atoms with Crippen molar-refractivity contribution in [3.63, 3.8) is 0 Å². The molecule has 1 amide bonds. The van der Waals surface area contributed by atoms with E-state index >= 15 is 0 Å². The van der Waals surface area contributed by atoms with Crippen LogP contribution < -0.4 is 24.8 Å². The second-order valence-corrected chi connectivity index (χ2v) is 8.35. The molecule has 1 aromatic heterocycles. The smallest absolute Gasteiger partial charge is 0.262 e. The zero-order valence-corrected chi connectivity index (χ0v) is 19.8.